The van der Waals surface area contributed by atoms with Crippen LogP contribution >= 0.6 is 11.6 Å². The van der Waals surface area contributed by atoms with E-state index in [1.807, 2.05) is 0 Å². The van der Waals surface area contributed by atoms with E-state index in [9.17, 15) is 36.2 Å². The number of rotatable bonds is 6. The van der Waals surface area contributed by atoms with Crippen molar-refractivity contribution < 1.29 is 41.0 Å². The average molecular weight is 510 g/mol. The van der Waals surface area contributed by atoms with Crippen LogP contribution in [0.4, 0.5) is 37.8 Å². The first-order valence-corrected chi connectivity index (χ1v) is 9.87. The second kappa shape index (κ2) is 10.3. The van der Waals surface area contributed by atoms with Gasteiger partial charge in [-0.3, -0.25) is 0 Å². The van der Waals surface area contributed by atoms with Gasteiger partial charge in [0.25, 0.3) is 5.95 Å². The number of benzene rings is 1. The molecule has 2 N–H and O–H groups in total. The molecule has 0 fully saturated rings. The molecule has 6 nitrogen and oxygen atoms in total. The molecular weight excluding hydrogens is 492 g/mol. The summed E-state index contributed by atoms with van der Waals surface area (Å²) in [6.45, 7) is 5.73. The highest BCUT2D eigenvalue weighted by molar-refractivity contribution is 6.31. The van der Waals surface area contributed by atoms with Gasteiger partial charge in [-0.1, -0.05) is 11.6 Å². The second-order valence-corrected chi connectivity index (χ2v) is 8.07. The number of esters is 1. The quantitative estimate of drug-likeness (QED) is 0.0727. The van der Waals surface area contributed by atoms with Crippen molar-refractivity contribution in [1.82, 2.24) is 4.98 Å². The minimum atomic E-state index is -1.74. The lowest BCUT2D eigenvalue weighted by molar-refractivity contribution is -0.137. The van der Waals surface area contributed by atoms with Crippen LogP contribution < -0.4 is 5.32 Å². The number of hydrogen-bond acceptors (Lipinski definition) is 6. The van der Waals surface area contributed by atoms with Gasteiger partial charge in [-0.15, -0.1) is 0 Å². The molecule has 0 unspecified atom stereocenters. The fraction of sp³-hybridized carbons (Fsp3) is 0.286. The number of aliphatic hydroxyl groups excluding tert-OH is 1. The lowest BCUT2D eigenvalue weighted by atomic mass is 10.1. The van der Waals surface area contributed by atoms with Crippen molar-refractivity contribution in [1.29, 1.82) is 0 Å². The molecule has 0 spiro atoms. The van der Waals surface area contributed by atoms with E-state index in [-0.39, 0.29) is 12.7 Å². The molecular formula is C21H18ClF6N3O3. The Morgan fingerprint density at radius 3 is 2.32 bits per heavy atom. The summed E-state index contributed by atoms with van der Waals surface area (Å²) in [6.07, 6.45) is 0.408. The fourth-order valence-electron chi connectivity index (χ4n) is 2.51. The highest BCUT2D eigenvalue weighted by Gasteiger charge is 2.26. The van der Waals surface area contributed by atoms with Gasteiger partial charge in [0.1, 0.15) is 22.0 Å². The van der Waals surface area contributed by atoms with Gasteiger partial charge in [0.2, 0.25) is 5.82 Å². The molecule has 1 aromatic heterocycles. The molecule has 0 bridgehead atoms. The van der Waals surface area contributed by atoms with Gasteiger partial charge in [-0.2, -0.15) is 13.8 Å². The maximum absolute atomic E-state index is 14.8. The molecule has 0 radical (unpaired) electrons. The van der Waals surface area contributed by atoms with E-state index < -0.39 is 80.0 Å². The second-order valence-electron chi connectivity index (χ2n) is 7.69. The van der Waals surface area contributed by atoms with Crippen molar-refractivity contribution >= 4 is 41.0 Å². The van der Waals surface area contributed by atoms with Crippen molar-refractivity contribution in [2.24, 2.45) is 4.99 Å². The highest BCUT2D eigenvalue weighted by atomic mass is 35.5. The minimum Gasteiger partial charge on any atom is -0.506 e. The van der Waals surface area contributed by atoms with E-state index in [0.717, 1.165) is 0 Å². The summed E-state index contributed by atoms with van der Waals surface area (Å²) in [5, 5.41) is 11.5. The van der Waals surface area contributed by atoms with Crippen molar-refractivity contribution in [2.75, 3.05) is 11.9 Å². The average Bonchev–Trinajstić information content (AvgIpc) is 2.75. The number of ether oxygens (including phenoxy) is 1. The number of carbonyl (C=O) groups is 1. The van der Waals surface area contributed by atoms with E-state index in [1.165, 1.54) is 27.7 Å². The number of aliphatic hydroxyl groups is 1. The molecule has 2 aromatic rings. The van der Waals surface area contributed by atoms with Crippen LogP contribution in [0.3, 0.4) is 0 Å². The van der Waals surface area contributed by atoms with Crippen LogP contribution in [0.2, 0.25) is 5.02 Å². The van der Waals surface area contributed by atoms with Gasteiger partial charge < -0.3 is 15.2 Å². The molecule has 0 atom stereocenters. The molecule has 0 amide bonds. The summed E-state index contributed by atoms with van der Waals surface area (Å²) in [5.74, 6) is -13.5. The first-order chi connectivity index (χ1) is 15.7. The van der Waals surface area contributed by atoms with Crippen LogP contribution in [-0.4, -0.2) is 34.4 Å². The van der Waals surface area contributed by atoms with Gasteiger partial charge in [-0.25, -0.2) is 27.3 Å². The first kappa shape index (κ1) is 27.0. The molecule has 1 aromatic carbocycles. The zero-order chi connectivity index (χ0) is 26.0. The Morgan fingerprint density at radius 2 is 1.76 bits per heavy atom. The van der Waals surface area contributed by atoms with Crippen molar-refractivity contribution in [2.45, 2.75) is 33.2 Å². The van der Waals surface area contributed by atoms with E-state index in [4.69, 9.17) is 11.6 Å². The van der Waals surface area contributed by atoms with Crippen molar-refractivity contribution in [3.8, 4) is 0 Å². The number of nitrogens with one attached hydrogen (secondary N) is 1. The maximum Gasteiger partial charge on any atom is 0.343 e. The standard InChI is InChI=1S/C21H18ClF6N3O3/c1-5-34-20(33)9(17(32)8-6-10(23)13(25)11(22)12(8)24)7-29-19-15(27)16(31-21(2,3)4)14(26)18(28)30-19/h6-7,32H,5H2,1-4H3,(H,30,31). The molecule has 2 rings (SSSR count). The zero-order valence-electron chi connectivity index (χ0n) is 18.2. The van der Waals surface area contributed by atoms with E-state index in [2.05, 4.69) is 20.0 Å². The molecule has 184 valence electrons. The third kappa shape index (κ3) is 5.79. The predicted molar refractivity (Wildman–Crippen MR) is 113 cm³/mol. The molecule has 0 aliphatic heterocycles. The van der Waals surface area contributed by atoms with Crippen LogP contribution in [0.5, 0.6) is 0 Å². The monoisotopic (exact) mass is 509 g/mol. The number of pyridine rings is 1. The van der Waals surface area contributed by atoms with Gasteiger partial charge in [-0.05, 0) is 33.8 Å². The summed E-state index contributed by atoms with van der Waals surface area (Å²) in [7, 11) is 0. The van der Waals surface area contributed by atoms with Crippen LogP contribution in [0.15, 0.2) is 16.6 Å². The van der Waals surface area contributed by atoms with Gasteiger partial charge in [0, 0.05) is 11.8 Å². The molecule has 1 heterocycles. The molecule has 0 saturated carbocycles. The largest absolute Gasteiger partial charge is 0.506 e. The van der Waals surface area contributed by atoms with Crippen LogP contribution in [0.1, 0.15) is 33.3 Å². The lowest BCUT2D eigenvalue weighted by Crippen LogP contribution is -2.27. The number of anilines is 1. The van der Waals surface area contributed by atoms with Gasteiger partial charge in [0.05, 0.1) is 12.2 Å². The van der Waals surface area contributed by atoms with E-state index in [1.54, 1.807) is 0 Å². The molecule has 13 heteroatoms. The summed E-state index contributed by atoms with van der Waals surface area (Å²) < 4.78 is 89.0. The Balaban J connectivity index is 2.71. The Bertz CT molecular complexity index is 1200. The molecule has 0 aliphatic rings. The third-order valence-electron chi connectivity index (χ3n) is 3.94. The summed E-state index contributed by atoms with van der Waals surface area (Å²) in [5.41, 5.74) is -3.84. The molecule has 34 heavy (non-hydrogen) atoms. The summed E-state index contributed by atoms with van der Waals surface area (Å²) in [6, 6.07) is 0.209. The van der Waals surface area contributed by atoms with Gasteiger partial charge >= 0.3 is 5.97 Å². The zero-order valence-corrected chi connectivity index (χ0v) is 18.9. The maximum atomic E-state index is 14.8. The number of nitrogens with zero attached hydrogens (tertiary/aromatic N) is 2. The topological polar surface area (TPSA) is 83.8 Å². The number of aromatic nitrogens is 1. The Morgan fingerprint density at radius 1 is 1.15 bits per heavy atom. The third-order valence-corrected chi connectivity index (χ3v) is 4.28. The summed E-state index contributed by atoms with van der Waals surface area (Å²) in [4.78, 5) is 18.7. The molecule has 0 aliphatic carbocycles. The number of hydrogen-bond donors (Lipinski definition) is 2. The summed E-state index contributed by atoms with van der Waals surface area (Å²) >= 11 is 5.36. The Kier molecular flexibility index (Phi) is 8.19. The first-order valence-electron chi connectivity index (χ1n) is 9.50. The van der Waals surface area contributed by atoms with Crippen LogP contribution in [0, 0.1) is 35.0 Å². The van der Waals surface area contributed by atoms with Gasteiger partial charge in [0.15, 0.2) is 29.1 Å². The normalized spacial score (nSPS) is 12.7. The fourth-order valence-corrected chi connectivity index (χ4v) is 2.70. The lowest BCUT2D eigenvalue weighted by Gasteiger charge is -2.23. The van der Waals surface area contributed by atoms with E-state index >= 15 is 0 Å². The van der Waals surface area contributed by atoms with E-state index in [0.29, 0.717) is 6.21 Å². The number of halogens is 7. The van der Waals surface area contributed by atoms with Crippen molar-refractivity contribution in [3.63, 3.8) is 0 Å². The molecule has 0 saturated heterocycles. The minimum absolute atomic E-state index is 0.209. The van der Waals surface area contributed by atoms with Crippen LogP contribution in [0.25, 0.3) is 5.76 Å². The highest BCUT2D eigenvalue weighted by Crippen LogP contribution is 2.31. The van der Waals surface area contributed by atoms with Crippen molar-refractivity contribution in [3.05, 3.63) is 57.3 Å². The Labute approximate surface area is 194 Å². The number of aliphatic imine (C=N–C) groups is 1. The predicted octanol–water partition coefficient (Wildman–Crippen LogP) is 6.01. The van der Waals surface area contributed by atoms with Crippen LogP contribution in [-0.2, 0) is 9.53 Å². The number of carbonyl (C=O) groups excluding carboxylic acids is 1. The SMILES string of the molecule is CCOC(=O)C(C=Nc1nc(F)c(F)c(NC(C)(C)C)c1F)=C(O)c1cc(F)c(F)c(Cl)c1F. The smallest absolute Gasteiger partial charge is 0.343 e. The Hall–Kier alpha value is -3.28.